The Morgan fingerprint density at radius 3 is 2.33 bits per heavy atom. The highest BCUT2D eigenvalue weighted by Gasteiger charge is 2.11. The van der Waals surface area contributed by atoms with E-state index in [-0.39, 0.29) is 0 Å². The lowest BCUT2D eigenvalue weighted by Gasteiger charge is -2.12. The summed E-state index contributed by atoms with van der Waals surface area (Å²) in [7, 11) is -0.883. The number of hydrogen-bond acceptors (Lipinski definition) is 2. The van der Waals surface area contributed by atoms with Crippen molar-refractivity contribution in [1.82, 2.24) is 0 Å². The molecule has 0 fully saturated rings. The summed E-state index contributed by atoms with van der Waals surface area (Å²) < 4.78 is 0. The van der Waals surface area contributed by atoms with E-state index in [1.165, 1.54) is 5.38 Å². The summed E-state index contributed by atoms with van der Waals surface area (Å²) in [4.78, 5) is 0. The molecule has 0 unspecified atom stereocenters. The first-order chi connectivity index (χ1) is 4.06. The van der Waals surface area contributed by atoms with Gasteiger partial charge in [-0.1, -0.05) is 19.6 Å². The lowest BCUT2D eigenvalue weighted by molar-refractivity contribution is 1.49. The van der Waals surface area contributed by atoms with Gasteiger partial charge in [-0.05, 0) is 5.38 Å². The van der Waals surface area contributed by atoms with E-state index in [0.29, 0.717) is 5.75 Å². The summed E-state index contributed by atoms with van der Waals surface area (Å²) >= 11 is 1.76. The van der Waals surface area contributed by atoms with E-state index in [2.05, 4.69) is 25.7 Å². The normalized spacial score (nSPS) is 10.9. The van der Waals surface area contributed by atoms with Crippen LogP contribution in [0.1, 0.15) is 0 Å². The van der Waals surface area contributed by atoms with Gasteiger partial charge in [0.25, 0.3) is 0 Å². The zero-order chi connectivity index (χ0) is 7.33. The molecule has 0 saturated carbocycles. The Morgan fingerprint density at radius 2 is 2.00 bits per heavy atom. The Balaban J connectivity index is 3.20. The van der Waals surface area contributed by atoms with Crippen LogP contribution in [0.3, 0.4) is 0 Å². The zero-order valence-corrected chi connectivity index (χ0v) is 8.09. The van der Waals surface area contributed by atoms with E-state index >= 15 is 0 Å². The molecule has 0 atom stereocenters. The van der Waals surface area contributed by atoms with Crippen molar-refractivity contribution in [3.8, 4) is 6.07 Å². The summed E-state index contributed by atoms with van der Waals surface area (Å²) in [6, 6.07) is 2.13. The molecule has 0 aliphatic carbocycles. The first-order valence-corrected chi connectivity index (χ1v) is 7.87. The molecule has 3 heteroatoms. The molecule has 0 aromatic rings. The van der Waals surface area contributed by atoms with Crippen molar-refractivity contribution >= 4 is 19.8 Å². The molecule has 52 valence electrons. The number of nitrogens with zero attached hydrogens (tertiary/aromatic N) is 1. The topological polar surface area (TPSA) is 23.8 Å². The summed E-state index contributed by atoms with van der Waals surface area (Å²) in [5, 5.41) is 9.42. The van der Waals surface area contributed by atoms with E-state index in [1.807, 2.05) is 0 Å². The maximum absolute atomic E-state index is 8.21. The SMILES string of the molecule is C[Si](C)(C)CSCC#N. The van der Waals surface area contributed by atoms with Gasteiger partial charge in [-0.2, -0.15) is 5.26 Å². The fourth-order valence-electron chi connectivity index (χ4n) is 0.403. The van der Waals surface area contributed by atoms with Gasteiger partial charge in [0.2, 0.25) is 0 Å². The Bertz CT molecular complexity index is 111. The average Bonchev–Trinajstić information content (AvgIpc) is 1.63. The lowest BCUT2D eigenvalue weighted by Crippen LogP contribution is -2.23. The fourth-order valence-corrected chi connectivity index (χ4v) is 3.35. The van der Waals surface area contributed by atoms with Crippen LogP contribution in [0.5, 0.6) is 0 Å². The first kappa shape index (κ1) is 9.06. The molecule has 0 amide bonds. The minimum absolute atomic E-state index is 0.657. The van der Waals surface area contributed by atoms with Gasteiger partial charge in [0, 0.05) is 0 Å². The van der Waals surface area contributed by atoms with Gasteiger partial charge < -0.3 is 0 Å². The van der Waals surface area contributed by atoms with Gasteiger partial charge in [-0.3, -0.25) is 0 Å². The van der Waals surface area contributed by atoms with Crippen molar-refractivity contribution in [3.63, 3.8) is 0 Å². The van der Waals surface area contributed by atoms with Crippen molar-refractivity contribution < 1.29 is 0 Å². The molecule has 9 heavy (non-hydrogen) atoms. The number of rotatable bonds is 3. The van der Waals surface area contributed by atoms with Crippen LogP contribution >= 0.6 is 11.8 Å². The van der Waals surface area contributed by atoms with Gasteiger partial charge in [-0.15, -0.1) is 11.8 Å². The maximum atomic E-state index is 8.21. The van der Waals surface area contributed by atoms with Gasteiger partial charge in [-0.25, -0.2) is 0 Å². The van der Waals surface area contributed by atoms with Crippen LogP contribution in [0.25, 0.3) is 0 Å². The smallest absolute Gasteiger partial charge is 0.0805 e. The van der Waals surface area contributed by atoms with Crippen molar-refractivity contribution in [2.24, 2.45) is 0 Å². The van der Waals surface area contributed by atoms with Gasteiger partial charge in [0.05, 0.1) is 19.9 Å². The molecule has 0 radical (unpaired) electrons. The second kappa shape index (κ2) is 3.97. The van der Waals surface area contributed by atoms with Gasteiger partial charge in [0.1, 0.15) is 0 Å². The quantitative estimate of drug-likeness (QED) is 0.465. The van der Waals surface area contributed by atoms with Crippen molar-refractivity contribution in [3.05, 3.63) is 0 Å². The Labute approximate surface area is 62.5 Å². The third kappa shape index (κ3) is 8.06. The van der Waals surface area contributed by atoms with Crippen LogP contribution in [0.4, 0.5) is 0 Å². The molecule has 0 aromatic heterocycles. The summed E-state index contributed by atoms with van der Waals surface area (Å²) in [5.41, 5.74) is 0. The minimum Gasteiger partial charge on any atom is -0.197 e. The lowest BCUT2D eigenvalue weighted by atomic mass is 10.9. The minimum atomic E-state index is -0.883. The average molecular weight is 159 g/mol. The molecule has 0 aromatic carbocycles. The van der Waals surface area contributed by atoms with Crippen LogP contribution in [0.2, 0.25) is 19.6 Å². The molecular formula is C6H13NSSi. The standard InChI is InChI=1S/C6H13NSSi/c1-9(2,3)6-8-5-4-7/h5-6H2,1-3H3. The van der Waals surface area contributed by atoms with E-state index in [0.717, 1.165) is 0 Å². The summed E-state index contributed by atoms with van der Waals surface area (Å²) in [6.45, 7) is 6.95. The van der Waals surface area contributed by atoms with Crippen LogP contribution in [-0.4, -0.2) is 19.2 Å². The summed E-state index contributed by atoms with van der Waals surface area (Å²) in [6.07, 6.45) is 0. The molecular weight excluding hydrogens is 146 g/mol. The van der Waals surface area contributed by atoms with E-state index in [9.17, 15) is 0 Å². The summed E-state index contributed by atoms with van der Waals surface area (Å²) in [5.74, 6) is 0.657. The highest BCUT2D eigenvalue weighted by atomic mass is 32.2. The highest BCUT2D eigenvalue weighted by molar-refractivity contribution is 8.01. The van der Waals surface area contributed by atoms with Crippen molar-refractivity contribution in [1.29, 1.82) is 5.26 Å². The van der Waals surface area contributed by atoms with E-state index in [4.69, 9.17) is 5.26 Å². The van der Waals surface area contributed by atoms with Crippen molar-refractivity contribution in [2.75, 3.05) is 11.1 Å². The molecule has 1 nitrogen and oxygen atoms in total. The molecule has 0 aliphatic heterocycles. The molecule has 0 spiro atoms. The Hall–Kier alpha value is 0.0569. The second-order valence-corrected chi connectivity index (χ2v) is 10.2. The van der Waals surface area contributed by atoms with Crippen molar-refractivity contribution in [2.45, 2.75) is 19.6 Å². The fraction of sp³-hybridized carbons (Fsp3) is 0.833. The van der Waals surface area contributed by atoms with Crippen LogP contribution in [0, 0.1) is 11.3 Å². The van der Waals surface area contributed by atoms with Crippen LogP contribution in [-0.2, 0) is 0 Å². The van der Waals surface area contributed by atoms with Crippen LogP contribution < -0.4 is 0 Å². The number of hydrogen-bond donors (Lipinski definition) is 0. The number of thioether (sulfide) groups is 1. The molecule has 0 rings (SSSR count). The molecule has 0 N–H and O–H groups in total. The monoisotopic (exact) mass is 159 g/mol. The Morgan fingerprint density at radius 1 is 1.44 bits per heavy atom. The highest BCUT2D eigenvalue weighted by Crippen LogP contribution is 2.09. The van der Waals surface area contributed by atoms with E-state index in [1.54, 1.807) is 11.8 Å². The largest absolute Gasteiger partial charge is 0.197 e. The second-order valence-electron chi connectivity index (χ2n) is 3.21. The maximum Gasteiger partial charge on any atom is 0.0805 e. The molecule has 0 bridgehead atoms. The zero-order valence-electron chi connectivity index (χ0n) is 6.27. The molecule has 0 saturated heterocycles. The van der Waals surface area contributed by atoms with Gasteiger partial charge in [0.15, 0.2) is 0 Å². The molecule has 0 heterocycles. The number of nitriles is 1. The van der Waals surface area contributed by atoms with Crippen LogP contribution in [0.15, 0.2) is 0 Å². The third-order valence-electron chi connectivity index (χ3n) is 0.702. The first-order valence-electron chi connectivity index (χ1n) is 3.01. The third-order valence-corrected chi connectivity index (χ3v) is 5.32. The predicted octanol–water partition coefficient (Wildman–Crippen LogP) is 2.12. The molecule has 0 aliphatic rings. The Kier molecular flexibility index (Phi) is 3.99. The van der Waals surface area contributed by atoms with E-state index < -0.39 is 8.07 Å². The predicted molar refractivity (Wildman–Crippen MR) is 46.3 cm³/mol. The van der Waals surface area contributed by atoms with Gasteiger partial charge >= 0.3 is 0 Å².